The Morgan fingerprint density at radius 1 is 1.38 bits per heavy atom. The number of H-pyrrole nitrogens is 1. The van der Waals surface area contributed by atoms with Crippen LogP contribution in [-0.4, -0.2) is 25.8 Å². The Balaban J connectivity index is 2.55. The highest BCUT2D eigenvalue weighted by Crippen LogP contribution is 2.12. The number of carboxylic acid groups (broad SMARTS) is 1. The van der Waals surface area contributed by atoms with E-state index in [1.165, 1.54) is 4.57 Å². The first-order valence-electron chi connectivity index (χ1n) is 6.40. The normalized spacial score (nSPS) is 10.6. The highest BCUT2D eigenvalue weighted by atomic mass is 32.1. The number of rotatable bonds is 4. The van der Waals surface area contributed by atoms with Crippen LogP contribution in [0.15, 0.2) is 23.0 Å². The molecule has 2 N–H and O–H groups in total. The van der Waals surface area contributed by atoms with Crippen LogP contribution in [0.5, 0.6) is 0 Å². The predicted octanol–water partition coefficient (Wildman–Crippen LogP) is 1.92. The Labute approximate surface area is 126 Å². The second-order valence-electron chi connectivity index (χ2n) is 4.78. The maximum absolute atomic E-state index is 12.4. The van der Waals surface area contributed by atoms with E-state index in [-0.39, 0.29) is 28.9 Å². The highest BCUT2D eigenvalue weighted by molar-refractivity contribution is 7.71. The molecule has 2 rings (SSSR count). The van der Waals surface area contributed by atoms with E-state index >= 15 is 0 Å². The second kappa shape index (κ2) is 6.01. The molecule has 1 aromatic heterocycles. The zero-order chi connectivity index (χ0) is 15.6. The van der Waals surface area contributed by atoms with Gasteiger partial charge in [-0.25, -0.2) is 0 Å². The summed E-state index contributed by atoms with van der Waals surface area (Å²) in [6, 6.07) is 5.57. The Morgan fingerprint density at radius 2 is 2.10 bits per heavy atom. The minimum atomic E-state index is -0.976. The minimum Gasteiger partial charge on any atom is -0.481 e. The van der Waals surface area contributed by atoms with Gasteiger partial charge in [0.15, 0.2) is 0 Å². The molecule has 0 radical (unpaired) electrons. The largest absolute Gasteiger partial charge is 0.481 e. The van der Waals surface area contributed by atoms with E-state index in [0.29, 0.717) is 5.69 Å². The average molecular weight is 305 g/mol. The zero-order valence-electron chi connectivity index (χ0n) is 11.7. The topological polar surface area (TPSA) is 88.0 Å². The Morgan fingerprint density at radius 3 is 2.71 bits per heavy atom. The number of carboxylic acids is 1. The Bertz CT molecular complexity index is 808. The predicted molar refractivity (Wildman–Crippen MR) is 80.4 cm³/mol. The van der Waals surface area contributed by atoms with Gasteiger partial charge in [0.1, 0.15) is 5.69 Å². The van der Waals surface area contributed by atoms with E-state index in [1.807, 2.05) is 26.0 Å². The molecule has 0 bridgehead atoms. The van der Waals surface area contributed by atoms with Gasteiger partial charge in [-0.05, 0) is 49.3 Å². The molecule has 0 amide bonds. The third-order valence-corrected chi connectivity index (χ3v) is 3.54. The lowest BCUT2D eigenvalue weighted by Crippen LogP contribution is -2.26. The van der Waals surface area contributed by atoms with Gasteiger partial charge in [0, 0.05) is 6.42 Å². The lowest BCUT2D eigenvalue weighted by Gasteiger charge is -2.09. The van der Waals surface area contributed by atoms with Crippen molar-refractivity contribution in [1.29, 1.82) is 0 Å². The zero-order valence-corrected chi connectivity index (χ0v) is 12.5. The van der Waals surface area contributed by atoms with Gasteiger partial charge in [0.05, 0.1) is 12.1 Å². The maximum Gasteiger partial charge on any atom is 0.303 e. The molecule has 0 atom stereocenters. The molecule has 110 valence electrons. The SMILES string of the molecule is Cc1ccc(-n2c(=S)[nH]nc(CCC(=O)O)c2=O)cc1C. The first-order valence-corrected chi connectivity index (χ1v) is 6.81. The van der Waals surface area contributed by atoms with Crippen molar-refractivity contribution in [3.63, 3.8) is 0 Å². The average Bonchev–Trinajstić information content (AvgIpc) is 2.41. The molecule has 7 heteroatoms. The molecule has 0 unspecified atom stereocenters. The molecule has 0 saturated carbocycles. The van der Waals surface area contributed by atoms with Crippen LogP contribution in [0.3, 0.4) is 0 Å². The smallest absolute Gasteiger partial charge is 0.303 e. The number of hydrogen-bond donors (Lipinski definition) is 2. The summed E-state index contributed by atoms with van der Waals surface area (Å²) in [6.45, 7) is 3.93. The number of aryl methyl sites for hydroxylation is 3. The highest BCUT2D eigenvalue weighted by Gasteiger charge is 2.11. The van der Waals surface area contributed by atoms with E-state index in [4.69, 9.17) is 17.3 Å². The third-order valence-electron chi connectivity index (χ3n) is 3.26. The van der Waals surface area contributed by atoms with Crippen LogP contribution < -0.4 is 5.56 Å². The van der Waals surface area contributed by atoms with Crippen LogP contribution in [0, 0.1) is 18.6 Å². The van der Waals surface area contributed by atoms with Crippen LogP contribution in [0.25, 0.3) is 5.69 Å². The number of carbonyl (C=O) groups is 1. The summed E-state index contributed by atoms with van der Waals surface area (Å²) in [5.41, 5.74) is 2.57. The van der Waals surface area contributed by atoms with Crippen molar-refractivity contribution in [3.8, 4) is 5.69 Å². The van der Waals surface area contributed by atoms with Crippen LogP contribution in [-0.2, 0) is 11.2 Å². The first kappa shape index (κ1) is 15.1. The Hall–Kier alpha value is -2.28. The summed E-state index contributed by atoms with van der Waals surface area (Å²) in [4.78, 5) is 23.0. The fourth-order valence-corrected chi connectivity index (χ4v) is 2.16. The lowest BCUT2D eigenvalue weighted by atomic mass is 10.1. The molecule has 6 nitrogen and oxygen atoms in total. The van der Waals surface area contributed by atoms with Gasteiger partial charge < -0.3 is 5.11 Å². The minimum absolute atomic E-state index is 0.0606. The molecule has 1 aromatic carbocycles. The summed E-state index contributed by atoms with van der Waals surface area (Å²) in [6.07, 6.45) is -0.0924. The number of aromatic amines is 1. The molecule has 2 aromatic rings. The first-order chi connectivity index (χ1) is 9.90. The molecule has 0 saturated heterocycles. The quantitative estimate of drug-likeness (QED) is 0.843. The van der Waals surface area contributed by atoms with Gasteiger partial charge in [-0.15, -0.1) is 0 Å². The van der Waals surface area contributed by atoms with Crippen LogP contribution in [0.2, 0.25) is 0 Å². The number of nitrogens with zero attached hydrogens (tertiary/aromatic N) is 2. The lowest BCUT2D eigenvalue weighted by molar-refractivity contribution is -0.136. The van der Waals surface area contributed by atoms with E-state index in [1.54, 1.807) is 6.07 Å². The number of hydrogen-bond acceptors (Lipinski definition) is 4. The van der Waals surface area contributed by atoms with E-state index in [9.17, 15) is 9.59 Å². The van der Waals surface area contributed by atoms with Crippen molar-refractivity contribution in [2.45, 2.75) is 26.7 Å². The van der Waals surface area contributed by atoms with E-state index < -0.39 is 5.97 Å². The molecular weight excluding hydrogens is 290 g/mol. The van der Waals surface area contributed by atoms with Gasteiger partial charge >= 0.3 is 5.97 Å². The van der Waals surface area contributed by atoms with Gasteiger partial charge in [-0.3, -0.25) is 19.3 Å². The summed E-state index contributed by atoms with van der Waals surface area (Å²) >= 11 is 5.12. The van der Waals surface area contributed by atoms with Crippen molar-refractivity contribution in [2.24, 2.45) is 0 Å². The second-order valence-corrected chi connectivity index (χ2v) is 5.17. The van der Waals surface area contributed by atoms with E-state index in [2.05, 4.69) is 10.2 Å². The molecule has 0 fully saturated rings. The number of nitrogens with one attached hydrogen (secondary N) is 1. The van der Waals surface area contributed by atoms with Crippen molar-refractivity contribution >= 4 is 18.2 Å². The number of aliphatic carboxylic acids is 1. The van der Waals surface area contributed by atoms with Gasteiger partial charge in [0.2, 0.25) is 4.77 Å². The molecule has 0 aliphatic heterocycles. The molecule has 0 aliphatic rings. The van der Waals surface area contributed by atoms with Gasteiger partial charge in [0.25, 0.3) is 5.56 Å². The van der Waals surface area contributed by atoms with Crippen molar-refractivity contribution in [3.05, 3.63) is 50.1 Å². The molecular formula is C14H15N3O3S. The van der Waals surface area contributed by atoms with Gasteiger partial charge in [-0.1, -0.05) is 6.07 Å². The number of benzene rings is 1. The molecule has 1 heterocycles. The fourth-order valence-electron chi connectivity index (χ4n) is 1.92. The summed E-state index contributed by atoms with van der Waals surface area (Å²) < 4.78 is 1.52. The summed E-state index contributed by atoms with van der Waals surface area (Å²) in [7, 11) is 0. The van der Waals surface area contributed by atoms with Crippen LogP contribution in [0.4, 0.5) is 0 Å². The molecule has 0 spiro atoms. The van der Waals surface area contributed by atoms with Crippen molar-refractivity contribution in [2.75, 3.05) is 0 Å². The third kappa shape index (κ3) is 3.25. The number of aromatic nitrogens is 3. The van der Waals surface area contributed by atoms with Crippen molar-refractivity contribution in [1.82, 2.24) is 14.8 Å². The summed E-state index contributed by atoms with van der Waals surface area (Å²) in [5, 5.41) is 15.2. The maximum atomic E-state index is 12.4. The summed E-state index contributed by atoms with van der Waals surface area (Å²) in [5.74, 6) is -0.976. The Kier molecular flexibility index (Phi) is 4.32. The van der Waals surface area contributed by atoms with E-state index in [0.717, 1.165) is 11.1 Å². The molecule has 0 aliphatic carbocycles. The molecule has 21 heavy (non-hydrogen) atoms. The van der Waals surface area contributed by atoms with Crippen LogP contribution in [0.1, 0.15) is 23.2 Å². The van der Waals surface area contributed by atoms with Gasteiger partial charge in [-0.2, -0.15) is 5.10 Å². The van der Waals surface area contributed by atoms with Crippen LogP contribution >= 0.6 is 12.2 Å². The standard InChI is InChI=1S/C14H15N3O3S/c1-8-3-4-10(7-9(8)2)17-13(20)11(5-6-12(18)19)15-16-14(17)21/h3-4,7H,5-6H2,1-2H3,(H,16,21)(H,18,19). The fraction of sp³-hybridized carbons (Fsp3) is 0.286. The van der Waals surface area contributed by atoms with Crippen molar-refractivity contribution < 1.29 is 9.90 Å². The monoisotopic (exact) mass is 305 g/mol.